The van der Waals surface area contributed by atoms with Crippen molar-refractivity contribution < 1.29 is 9.18 Å². The number of carbonyl (C=O) groups excluding carboxylic acids is 1. The molecule has 110 valence electrons. The van der Waals surface area contributed by atoms with E-state index in [-0.39, 0.29) is 11.7 Å². The summed E-state index contributed by atoms with van der Waals surface area (Å²) < 4.78 is 12.9. The van der Waals surface area contributed by atoms with Crippen LogP contribution in [0.15, 0.2) is 24.3 Å². The van der Waals surface area contributed by atoms with Crippen LogP contribution in [0.1, 0.15) is 32.3 Å². The van der Waals surface area contributed by atoms with E-state index < -0.39 is 0 Å². The summed E-state index contributed by atoms with van der Waals surface area (Å²) in [4.78, 5) is 14.3. The van der Waals surface area contributed by atoms with E-state index in [0.29, 0.717) is 17.6 Å². The standard InChI is InChI=1S/C17H24FNO/c1-12-8-13(2)16(17(20)9-12)11-19(3)10-14-4-6-15(18)7-5-14/h4-7,12-13,16H,8-11H2,1-3H3. The van der Waals surface area contributed by atoms with E-state index in [9.17, 15) is 9.18 Å². The Hall–Kier alpha value is -1.22. The fraction of sp³-hybridized carbons (Fsp3) is 0.588. The number of Topliss-reactive ketones (excluding diaryl/α,β-unsaturated/α-hetero) is 1. The van der Waals surface area contributed by atoms with Crippen LogP contribution in [0.25, 0.3) is 0 Å². The molecule has 0 saturated heterocycles. The summed E-state index contributed by atoms with van der Waals surface area (Å²) in [6.07, 6.45) is 1.86. The van der Waals surface area contributed by atoms with Crippen LogP contribution in [0.3, 0.4) is 0 Å². The molecular weight excluding hydrogens is 253 g/mol. The van der Waals surface area contributed by atoms with Crippen LogP contribution in [-0.4, -0.2) is 24.3 Å². The number of nitrogens with zero attached hydrogens (tertiary/aromatic N) is 1. The Bertz CT molecular complexity index is 457. The zero-order valence-corrected chi connectivity index (χ0v) is 12.6. The highest BCUT2D eigenvalue weighted by Gasteiger charge is 2.32. The summed E-state index contributed by atoms with van der Waals surface area (Å²) in [5, 5.41) is 0. The van der Waals surface area contributed by atoms with Crippen molar-refractivity contribution in [2.24, 2.45) is 17.8 Å². The normalized spacial score (nSPS) is 27.1. The van der Waals surface area contributed by atoms with Crippen LogP contribution < -0.4 is 0 Å². The molecule has 0 amide bonds. The SMILES string of the molecule is CC1CC(=O)C(CN(C)Cc2ccc(F)cc2)C(C)C1. The van der Waals surface area contributed by atoms with Crippen molar-refractivity contribution in [1.82, 2.24) is 4.90 Å². The highest BCUT2D eigenvalue weighted by molar-refractivity contribution is 5.82. The molecule has 2 nitrogen and oxygen atoms in total. The Morgan fingerprint density at radius 1 is 1.25 bits per heavy atom. The quantitative estimate of drug-likeness (QED) is 0.839. The maximum atomic E-state index is 12.9. The summed E-state index contributed by atoms with van der Waals surface area (Å²) in [5.41, 5.74) is 1.08. The molecule has 0 radical (unpaired) electrons. The maximum absolute atomic E-state index is 12.9. The Kier molecular flexibility index (Phi) is 4.92. The molecule has 2 rings (SSSR count). The van der Waals surface area contributed by atoms with E-state index in [2.05, 4.69) is 18.7 Å². The number of ketones is 1. The number of carbonyl (C=O) groups is 1. The van der Waals surface area contributed by atoms with Gasteiger partial charge in [-0.25, -0.2) is 4.39 Å². The van der Waals surface area contributed by atoms with Gasteiger partial charge in [0.1, 0.15) is 11.6 Å². The minimum absolute atomic E-state index is 0.150. The summed E-state index contributed by atoms with van der Waals surface area (Å²) >= 11 is 0. The third-order valence-electron chi connectivity index (χ3n) is 4.30. The van der Waals surface area contributed by atoms with Gasteiger partial charge in [0.25, 0.3) is 0 Å². The molecule has 3 unspecified atom stereocenters. The first-order valence-electron chi connectivity index (χ1n) is 7.41. The minimum atomic E-state index is -0.207. The lowest BCUT2D eigenvalue weighted by molar-refractivity contribution is -0.128. The average Bonchev–Trinajstić information content (AvgIpc) is 2.36. The fourth-order valence-corrected chi connectivity index (χ4v) is 3.28. The molecule has 1 saturated carbocycles. The number of hydrogen-bond acceptors (Lipinski definition) is 2. The predicted molar refractivity (Wildman–Crippen MR) is 78.8 cm³/mol. The van der Waals surface area contributed by atoms with Crippen LogP contribution in [0, 0.1) is 23.6 Å². The second-order valence-electron chi connectivity index (χ2n) is 6.42. The highest BCUT2D eigenvalue weighted by Crippen LogP contribution is 2.31. The van der Waals surface area contributed by atoms with Crippen LogP contribution in [0.4, 0.5) is 4.39 Å². The molecule has 0 aromatic heterocycles. The smallest absolute Gasteiger partial charge is 0.137 e. The molecule has 1 aliphatic carbocycles. The third kappa shape index (κ3) is 3.89. The zero-order chi connectivity index (χ0) is 14.7. The molecule has 0 spiro atoms. The van der Waals surface area contributed by atoms with Crippen LogP contribution >= 0.6 is 0 Å². The Morgan fingerprint density at radius 3 is 2.50 bits per heavy atom. The van der Waals surface area contributed by atoms with Gasteiger partial charge in [0.15, 0.2) is 0 Å². The van der Waals surface area contributed by atoms with Crippen molar-refractivity contribution in [3.63, 3.8) is 0 Å². The Labute approximate surface area is 121 Å². The van der Waals surface area contributed by atoms with Gasteiger partial charge in [-0.1, -0.05) is 26.0 Å². The molecule has 0 heterocycles. The molecule has 1 aliphatic rings. The predicted octanol–water partition coefficient (Wildman–Crippen LogP) is 3.51. The van der Waals surface area contributed by atoms with Crippen molar-refractivity contribution in [2.75, 3.05) is 13.6 Å². The lowest BCUT2D eigenvalue weighted by Crippen LogP contribution is -2.38. The molecule has 1 aromatic rings. The van der Waals surface area contributed by atoms with Gasteiger partial charge in [-0.3, -0.25) is 4.79 Å². The van der Waals surface area contributed by atoms with Crippen molar-refractivity contribution in [3.05, 3.63) is 35.6 Å². The second-order valence-corrected chi connectivity index (χ2v) is 6.42. The first-order valence-corrected chi connectivity index (χ1v) is 7.41. The van der Waals surface area contributed by atoms with Gasteiger partial charge in [0.05, 0.1) is 0 Å². The molecule has 20 heavy (non-hydrogen) atoms. The topological polar surface area (TPSA) is 20.3 Å². The maximum Gasteiger partial charge on any atom is 0.137 e. The van der Waals surface area contributed by atoms with Gasteiger partial charge >= 0.3 is 0 Å². The average molecular weight is 277 g/mol. The minimum Gasteiger partial charge on any atom is -0.301 e. The molecule has 0 N–H and O–H groups in total. The summed E-state index contributed by atoms with van der Waals surface area (Å²) in [7, 11) is 2.03. The van der Waals surface area contributed by atoms with Gasteiger partial charge in [-0.2, -0.15) is 0 Å². The lowest BCUT2D eigenvalue weighted by Gasteiger charge is -2.34. The van der Waals surface area contributed by atoms with E-state index in [1.165, 1.54) is 12.1 Å². The van der Waals surface area contributed by atoms with E-state index in [1.54, 1.807) is 12.1 Å². The van der Waals surface area contributed by atoms with Crippen molar-refractivity contribution in [3.8, 4) is 0 Å². The largest absolute Gasteiger partial charge is 0.301 e. The van der Waals surface area contributed by atoms with Gasteiger partial charge in [-0.05, 0) is 43.0 Å². The Morgan fingerprint density at radius 2 is 1.90 bits per heavy atom. The third-order valence-corrected chi connectivity index (χ3v) is 4.30. The zero-order valence-electron chi connectivity index (χ0n) is 12.6. The fourth-order valence-electron chi connectivity index (χ4n) is 3.28. The molecule has 3 heteroatoms. The summed E-state index contributed by atoms with van der Waals surface area (Å²) in [6.45, 7) is 5.90. The molecular formula is C17H24FNO. The van der Waals surface area contributed by atoms with E-state index >= 15 is 0 Å². The summed E-state index contributed by atoms with van der Waals surface area (Å²) in [6, 6.07) is 6.58. The highest BCUT2D eigenvalue weighted by atomic mass is 19.1. The number of rotatable bonds is 4. The van der Waals surface area contributed by atoms with Gasteiger partial charge < -0.3 is 4.90 Å². The number of benzene rings is 1. The Balaban J connectivity index is 1.92. The lowest BCUT2D eigenvalue weighted by atomic mass is 9.74. The second kappa shape index (κ2) is 6.49. The molecule has 1 aromatic carbocycles. The monoisotopic (exact) mass is 277 g/mol. The van der Waals surface area contributed by atoms with Gasteiger partial charge in [-0.15, -0.1) is 0 Å². The van der Waals surface area contributed by atoms with Crippen molar-refractivity contribution >= 4 is 5.78 Å². The van der Waals surface area contributed by atoms with Crippen molar-refractivity contribution in [2.45, 2.75) is 33.2 Å². The van der Waals surface area contributed by atoms with Gasteiger partial charge in [0, 0.05) is 25.4 Å². The van der Waals surface area contributed by atoms with Crippen LogP contribution in [0.5, 0.6) is 0 Å². The van der Waals surface area contributed by atoms with E-state index in [4.69, 9.17) is 0 Å². The van der Waals surface area contributed by atoms with E-state index in [1.807, 2.05) is 7.05 Å². The molecule has 0 bridgehead atoms. The first-order chi connectivity index (χ1) is 9.45. The van der Waals surface area contributed by atoms with E-state index in [0.717, 1.165) is 31.5 Å². The molecule has 3 atom stereocenters. The van der Waals surface area contributed by atoms with Crippen molar-refractivity contribution in [1.29, 1.82) is 0 Å². The molecule has 0 aliphatic heterocycles. The summed E-state index contributed by atoms with van der Waals surface area (Å²) in [5.74, 6) is 1.33. The molecule has 1 fully saturated rings. The van der Waals surface area contributed by atoms with Crippen LogP contribution in [0.2, 0.25) is 0 Å². The van der Waals surface area contributed by atoms with Gasteiger partial charge in [0.2, 0.25) is 0 Å². The van der Waals surface area contributed by atoms with Crippen LogP contribution in [-0.2, 0) is 11.3 Å². The number of hydrogen-bond donors (Lipinski definition) is 0. The number of halogens is 1. The first kappa shape index (κ1) is 15.2.